The lowest BCUT2D eigenvalue weighted by molar-refractivity contribution is 0.356. The van der Waals surface area contributed by atoms with Gasteiger partial charge >= 0.3 is 0 Å². The number of pyridine rings is 1. The topological polar surface area (TPSA) is 83.4 Å². The van der Waals surface area contributed by atoms with Gasteiger partial charge in [0.1, 0.15) is 16.5 Å². The van der Waals surface area contributed by atoms with Crippen LogP contribution in [0, 0.1) is 12.7 Å². The second-order valence-corrected chi connectivity index (χ2v) is 8.90. The Hall–Kier alpha value is -3.23. The summed E-state index contributed by atoms with van der Waals surface area (Å²) in [5.74, 6) is -0.479. The van der Waals surface area contributed by atoms with Gasteiger partial charge in [-0.1, -0.05) is 23.8 Å². The summed E-state index contributed by atoms with van der Waals surface area (Å²) in [4.78, 5) is 14.9. The first-order chi connectivity index (χ1) is 14.3. The molecule has 0 aliphatic heterocycles. The predicted octanol–water partition coefficient (Wildman–Crippen LogP) is 3.96. The molecule has 8 heteroatoms. The summed E-state index contributed by atoms with van der Waals surface area (Å²) in [5.41, 5.74) is 1.51. The number of hydrogen-bond acceptors (Lipinski definition) is 4. The third-order valence-electron chi connectivity index (χ3n) is 4.79. The molecule has 0 bridgehead atoms. The van der Waals surface area contributed by atoms with E-state index in [9.17, 15) is 17.6 Å². The number of halogens is 1. The Morgan fingerprint density at radius 2 is 1.83 bits per heavy atom. The minimum atomic E-state index is -4.24. The van der Waals surface area contributed by atoms with Gasteiger partial charge in [-0.05, 0) is 54.8 Å². The van der Waals surface area contributed by atoms with Crippen molar-refractivity contribution in [2.75, 3.05) is 0 Å². The number of furan rings is 1. The van der Waals surface area contributed by atoms with Crippen molar-refractivity contribution in [3.8, 4) is 0 Å². The molecule has 4 aromatic rings. The molecule has 4 rings (SSSR count). The molecule has 0 fully saturated rings. The van der Waals surface area contributed by atoms with Crippen LogP contribution < -0.4 is 5.56 Å². The molecule has 0 aliphatic rings. The first-order valence-corrected chi connectivity index (χ1v) is 10.7. The number of aromatic amines is 1. The van der Waals surface area contributed by atoms with Crippen LogP contribution in [0.1, 0.15) is 16.9 Å². The maximum atomic E-state index is 14.3. The third kappa shape index (κ3) is 3.92. The molecular formula is C22H19FN2O4S. The fraction of sp³-hybridized carbons (Fsp3) is 0.136. The molecule has 0 radical (unpaired) electrons. The van der Waals surface area contributed by atoms with Gasteiger partial charge in [0.2, 0.25) is 10.0 Å². The number of nitrogens with one attached hydrogen (secondary N) is 1. The van der Waals surface area contributed by atoms with E-state index in [0.717, 1.165) is 21.3 Å². The Kier molecular flexibility index (Phi) is 5.27. The molecule has 0 unspecified atom stereocenters. The van der Waals surface area contributed by atoms with Crippen LogP contribution in [0.2, 0.25) is 0 Å². The predicted molar refractivity (Wildman–Crippen MR) is 111 cm³/mol. The molecule has 2 aromatic heterocycles. The van der Waals surface area contributed by atoms with Gasteiger partial charge < -0.3 is 9.40 Å². The van der Waals surface area contributed by atoms with Gasteiger partial charge in [0.15, 0.2) is 0 Å². The normalized spacial score (nSPS) is 12.0. The molecule has 0 spiro atoms. The van der Waals surface area contributed by atoms with Gasteiger partial charge in [0.25, 0.3) is 5.56 Å². The van der Waals surface area contributed by atoms with E-state index in [-0.39, 0.29) is 18.7 Å². The number of nitrogens with zero attached hydrogens (tertiary/aromatic N) is 1. The zero-order valence-corrected chi connectivity index (χ0v) is 16.9. The van der Waals surface area contributed by atoms with E-state index in [1.807, 2.05) is 19.1 Å². The smallest absolute Gasteiger partial charge is 0.252 e. The van der Waals surface area contributed by atoms with Crippen LogP contribution in [0.25, 0.3) is 10.9 Å². The van der Waals surface area contributed by atoms with Crippen LogP contribution in [0.15, 0.2) is 81.0 Å². The maximum Gasteiger partial charge on any atom is 0.252 e. The Balaban J connectivity index is 1.79. The minimum Gasteiger partial charge on any atom is -0.468 e. The highest BCUT2D eigenvalue weighted by Gasteiger charge is 2.29. The van der Waals surface area contributed by atoms with Crippen molar-refractivity contribution in [3.05, 3.63) is 100.0 Å². The number of hydrogen-bond donors (Lipinski definition) is 1. The summed E-state index contributed by atoms with van der Waals surface area (Å²) in [7, 11) is -4.24. The molecule has 6 nitrogen and oxygen atoms in total. The van der Waals surface area contributed by atoms with Gasteiger partial charge in [-0.2, -0.15) is 4.31 Å². The van der Waals surface area contributed by atoms with Gasteiger partial charge in [-0.15, -0.1) is 0 Å². The lowest BCUT2D eigenvalue weighted by Gasteiger charge is -2.21. The Morgan fingerprint density at radius 3 is 2.57 bits per heavy atom. The van der Waals surface area contributed by atoms with Crippen LogP contribution in [0.4, 0.5) is 4.39 Å². The maximum absolute atomic E-state index is 14.3. The summed E-state index contributed by atoms with van der Waals surface area (Å²) >= 11 is 0. The van der Waals surface area contributed by atoms with Crippen molar-refractivity contribution in [3.63, 3.8) is 0 Å². The number of H-pyrrole nitrogens is 1. The van der Waals surface area contributed by atoms with Crippen molar-refractivity contribution in [2.45, 2.75) is 24.9 Å². The molecule has 2 heterocycles. The summed E-state index contributed by atoms with van der Waals surface area (Å²) in [5, 5.41) is 0.783. The van der Waals surface area contributed by atoms with Crippen molar-refractivity contribution in [1.29, 1.82) is 0 Å². The number of benzene rings is 2. The van der Waals surface area contributed by atoms with Gasteiger partial charge in [0, 0.05) is 17.6 Å². The van der Waals surface area contributed by atoms with Crippen molar-refractivity contribution >= 4 is 20.9 Å². The average Bonchev–Trinajstić information content (AvgIpc) is 3.21. The van der Waals surface area contributed by atoms with E-state index in [0.29, 0.717) is 11.3 Å². The standard InChI is InChI=1S/C22H19FN2O4S/c1-15-8-9-20-16(11-15)12-17(22(26)24-20)13-25(14-18-5-4-10-29-18)30(27,28)21-7-3-2-6-19(21)23/h2-12H,13-14H2,1H3,(H,24,26). The minimum absolute atomic E-state index is 0.144. The quantitative estimate of drug-likeness (QED) is 0.506. The lowest BCUT2D eigenvalue weighted by atomic mass is 10.1. The van der Waals surface area contributed by atoms with Crippen LogP contribution in [0.3, 0.4) is 0 Å². The molecule has 154 valence electrons. The van der Waals surface area contributed by atoms with E-state index >= 15 is 0 Å². The first kappa shape index (κ1) is 20.1. The molecule has 30 heavy (non-hydrogen) atoms. The SMILES string of the molecule is Cc1ccc2[nH]c(=O)c(CN(Cc3ccco3)S(=O)(=O)c3ccccc3F)cc2c1. The van der Waals surface area contributed by atoms with Crippen LogP contribution in [0.5, 0.6) is 0 Å². The molecule has 0 saturated heterocycles. The Morgan fingerprint density at radius 1 is 1.03 bits per heavy atom. The van der Waals surface area contributed by atoms with E-state index in [1.54, 1.807) is 24.3 Å². The number of fused-ring (bicyclic) bond motifs is 1. The monoisotopic (exact) mass is 426 g/mol. The second-order valence-electron chi connectivity index (χ2n) is 7.00. The van der Waals surface area contributed by atoms with Gasteiger partial charge in [-0.25, -0.2) is 12.8 Å². The average molecular weight is 426 g/mol. The Labute approximate surface area is 172 Å². The Bertz CT molecular complexity index is 1360. The van der Waals surface area contributed by atoms with Crippen molar-refractivity contribution < 1.29 is 17.2 Å². The summed E-state index contributed by atoms with van der Waals surface area (Å²) < 4.78 is 47.1. The fourth-order valence-corrected chi connectivity index (χ4v) is 4.72. The van der Waals surface area contributed by atoms with E-state index < -0.39 is 26.3 Å². The molecular weight excluding hydrogens is 407 g/mol. The van der Waals surface area contributed by atoms with E-state index in [4.69, 9.17) is 4.42 Å². The molecule has 0 amide bonds. The van der Waals surface area contributed by atoms with Gasteiger partial charge in [-0.3, -0.25) is 4.79 Å². The van der Waals surface area contributed by atoms with Crippen molar-refractivity contribution in [2.24, 2.45) is 0 Å². The zero-order valence-electron chi connectivity index (χ0n) is 16.1. The highest BCUT2D eigenvalue weighted by Crippen LogP contribution is 2.23. The van der Waals surface area contributed by atoms with E-state index in [2.05, 4.69) is 4.98 Å². The fourth-order valence-electron chi connectivity index (χ4n) is 3.27. The molecule has 0 aliphatic carbocycles. The third-order valence-corrected chi connectivity index (χ3v) is 6.62. The number of rotatable bonds is 6. The number of sulfonamides is 1. The van der Waals surface area contributed by atoms with Crippen LogP contribution in [-0.2, 0) is 23.1 Å². The van der Waals surface area contributed by atoms with E-state index in [1.165, 1.54) is 24.5 Å². The van der Waals surface area contributed by atoms with Gasteiger partial charge in [0.05, 0.1) is 12.8 Å². The molecule has 0 atom stereocenters. The summed E-state index contributed by atoms with van der Waals surface area (Å²) in [6.45, 7) is 1.54. The number of aromatic nitrogens is 1. The molecule has 0 saturated carbocycles. The first-order valence-electron chi connectivity index (χ1n) is 9.24. The second kappa shape index (κ2) is 7.89. The molecule has 2 aromatic carbocycles. The van der Waals surface area contributed by atoms with Crippen molar-refractivity contribution in [1.82, 2.24) is 9.29 Å². The lowest BCUT2D eigenvalue weighted by Crippen LogP contribution is -2.33. The largest absolute Gasteiger partial charge is 0.468 e. The highest BCUT2D eigenvalue weighted by atomic mass is 32.2. The molecule has 1 N–H and O–H groups in total. The van der Waals surface area contributed by atoms with Crippen LogP contribution in [-0.4, -0.2) is 17.7 Å². The summed E-state index contributed by atoms with van der Waals surface area (Å²) in [6.07, 6.45) is 1.43. The number of aryl methyl sites for hydroxylation is 1. The summed E-state index contributed by atoms with van der Waals surface area (Å²) in [6, 6.07) is 15.7. The van der Waals surface area contributed by atoms with Crippen LogP contribution >= 0.6 is 0 Å². The zero-order chi connectivity index (χ0) is 21.3. The highest BCUT2D eigenvalue weighted by molar-refractivity contribution is 7.89.